The summed E-state index contributed by atoms with van der Waals surface area (Å²) in [6, 6.07) is 11.8. The van der Waals surface area contributed by atoms with Gasteiger partial charge in [0.25, 0.3) is 0 Å². The SMILES string of the molecule is CC1(CNC(=O)C(C#N)Cc2ccccc2)CCOCC1. The van der Waals surface area contributed by atoms with Crippen molar-refractivity contribution in [1.82, 2.24) is 5.32 Å². The normalized spacial score (nSPS) is 18.5. The molecule has 1 unspecified atom stereocenters. The van der Waals surface area contributed by atoms with Crippen molar-refractivity contribution in [1.29, 1.82) is 5.26 Å². The van der Waals surface area contributed by atoms with Gasteiger partial charge in [-0.2, -0.15) is 5.26 Å². The first kappa shape index (κ1) is 15.5. The first-order chi connectivity index (χ1) is 10.1. The van der Waals surface area contributed by atoms with Gasteiger partial charge in [-0.1, -0.05) is 37.3 Å². The number of carbonyl (C=O) groups excluding carboxylic acids is 1. The van der Waals surface area contributed by atoms with Crippen LogP contribution >= 0.6 is 0 Å². The van der Waals surface area contributed by atoms with E-state index in [0.717, 1.165) is 31.6 Å². The van der Waals surface area contributed by atoms with Gasteiger partial charge in [0.05, 0.1) is 6.07 Å². The zero-order valence-corrected chi connectivity index (χ0v) is 12.5. The van der Waals surface area contributed by atoms with E-state index in [1.807, 2.05) is 30.3 Å². The zero-order valence-electron chi connectivity index (χ0n) is 12.5. The molecule has 1 saturated heterocycles. The Morgan fingerprint density at radius 1 is 1.38 bits per heavy atom. The monoisotopic (exact) mass is 286 g/mol. The highest BCUT2D eigenvalue weighted by Crippen LogP contribution is 2.28. The van der Waals surface area contributed by atoms with Crippen molar-refractivity contribution in [3.63, 3.8) is 0 Å². The Bertz CT molecular complexity index is 501. The van der Waals surface area contributed by atoms with Crippen LogP contribution in [0.15, 0.2) is 30.3 Å². The van der Waals surface area contributed by atoms with E-state index in [2.05, 4.69) is 18.3 Å². The van der Waals surface area contributed by atoms with Crippen LogP contribution in [0.25, 0.3) is 0 Å². The molecule has 0 aromatic heterocycles. The van der Waals surface area contributed by atoms with E-state index in [0.29, 0.717) is 13.0 Å². The number of rotatable bonds is 5. The highest BCUT2D eigenvalue weighted by atomic mass is 16.5. The fourth-order valence-electron chi connectivity index (χ4n) is 2.51. The average molecular weight is 286 g/mol. The van der Waals surface area contributed by atoms with Crippen molar-refractivity contribution in [2.45, 2.75) is 26.2 Å². The summed E-state index contributed by atoms with van der Waals surface area (Å²) >= 11 is 0. The van der Waals surface area contributed by atoms with Crippen molar-refractivity contribution in [3.8, 4) is 6.07 Å². The summed E-state index contributed by atoms with van der Waals surface area (Å²) in [4.78, 5) is 12.2. The molecule has 4 heteroatoms. The highest BCUT2D eigenvalue weighted by Gasteiger charge is 2.29. The molecule has 0 saturated carbocycles. The van der Waals surface area contributed by atoms with Crippen LogP contribution in [-0.4, -0.2) is 25.7 Å². The van der Waals surface area contributed by atoms with Gasteiger partial charge in [-0.3, -0.25) is 4.79 Å². The lowest BCUT2D eigenvalue weighted by atomic mass is 9.82. The summed E-state index contributed by atoms with van der Waals surface area (Å²) in [7, 11) is 0. The molecule has 1 aromatic rings. The topological polar surface area (TPSA) is 62.1 Å². The first-order valence-electron chi connectivity index (χ1n) is 7.42. The molecule has 1 fully saturated rings. The number of hydrogen-bond acceptors (Lipinski definition) is 3. The summed E-state index contributed by atoms with van der Waals surface area (Å²) in [6.45, 7) is 4.27. The second kappa shape index (κ2) is 7.24. The molecule has 1 N–H and O–H groups in total. The number of ether oxygens (including phenoxy) is 1. The van der Waals surface area contributed by atoms with E-state index in [9.17, 15) is 10.1 Å². The molecular formula is C17H22N2O2. The minimum Gasteiger partial charge on any atom is -0.381 e. The fourth-order valence-corrected chi connectivity index (χ4v) is 2.51. The Hall–Kier alpha value is -1.86. The molecule has 0 radical (unpaired) electrons. The first-order valence-corrected chi connectivity index (χ1v) is 7.42. The molecule has 1 amide bonds. The second-order valence-corrected chi connectivity index (χ2v) is 6.01. The predicted molar refractivity (Wildman–Crippen MR) is 80.4 cm³/mol. The van der Waals surface area contributed by atoms with E-state index in [-0.39, 0.29) is 11.3 Å². The third kappa shape index (κ3) is 4.57. The minimum absolute atomic E-state index is 0.0840. The van der Waals surface area contributed by atoms with Crippen LogP contribution < -0.4 is 5.32 Å². The fraction of sp³-hybridized carbons (Fsp3) is 0.529. The van der Waals surface area contributed by atoms with Crippen molar-refractivity contribution >= 4 is 5.91 Å². The molecule has 0 bridgehead atoms. The molecule has 112 valence electrons. The van der Waals surface area contributed by atoms with Crippen LogP contribution in [0.3, 0.4) is 0 Å². The molecule has 2 rings (SSSR count). The molecule has 4 nitrogen and oxygen atoms in total. The Balaban J connectivity index is 1.87. The maximum absolute atomic E-state index is 12.2. The van der Waals surface area contributed by atoms with Crippen LogP contribution in [-0.2, 0) is 16.0 Å². The maximum atomic E-state index is 12.2. The minimum atomic E-state index is -0.629. The molecule has 1 heterocycles. The number of amides is 1. The van der Waals surface area contributed by atoms with Crippen LogP contribution in [0, 0.1) is 22.7 Å². The average Bonchev–Trinajstić information content (AvgIpc) is 2.52. The van der Waals surface area contributed by atoms with Gasteiger partial charge < -0.3 is 10.1 Å². The number of hydrogen-bond donors (Lipinski definition) is 1. The molecular weight excluding hydrogens is 264 g/mol. The predicted octanol–water partition coefficient (Wildman–Crippen LogP) is 2.30. The van der Waals surface area contributed by atoms with Crippen molar-refractivity contribution in [2.75, 3.05) is 19.8 Å². The summed E-state index contributed by atoms with van der Waals surface area (Å²) in [5, 5.41) is 12.2. The maximum Gasteiger partial charge on any atom is 0.237 e. The van der Waals surface area contributed by atoms with Crippen LogP contribution in [0.1, 0.15) is 25.3 Å². The molecule has 1 atom stereocenters. The second-order valence-electron chi connectivity index (χ2n) is 6.01. The lowest BCUT2D eigenvalue weighted by molar-refractivity contribution is -0.124. The van der Waals surface area contributed by atoms with Gasteiger partial charge in [-0.25, -0.2) is 0 Å². The molecule has 1 aromatic carbocycles. The molecule has 21 heavy (non-hydrogen) atoms. The lowest BCUT2D eigenvalue weighted by Crippen LogP contribution is -2.41. The third-order valence-electron chi connectivity index (χ3n) is 4.14. The Labute approximate surface area is 126 Å². The molecule has 1 aliphatic rings. The van der Waals surface area contributed by atoms with Gasteiger partial charge in [0.15, 0.2) is 0 Å². The Morgan fingerprint density at radius 2 is 2.05 bits per heavy atom. The standard InChI is InChI=1S/C17H22N2O2/c1-17(7-9-21-10-8-17)13-19-16(20)15(12-18)11-14-5-3-2-4-6-14/h2-6,15H,7-11,13H2,1H3,(H,19,20). The molecule has 0 aliphatic carbocycles. The van der Waals surface area contributed by atoms with Crippen LogP contribution in [0.4, 0.5) is 0 Å². The smallest absolute Gasteiger partial charge is 0.237 e. The quantitative estimate of drug-likeness (QED) is 0.903. The van der Waals surface area contributed by atoms with Gasteiger partial charge in [0.2, 0.25) is 5.91 Å². The number of nitrogens with zero attached hydrogens (tertiary/aromatic N) is 1. The summed E-state index contributed by atoms with van der Waals surface area (Å²) < 4.78 is 5.35. The Morgan fingerprint density at radius 3 is 2.67 bits per heavy atom. The number of nitrogens with one attached hydrogen (secondary N) is 1. The van der Waals surface area contributed by atoms with Crippen molar-refractivity contribution in [2.24, 2.45) is 11.3 Å². The third-order valence-corrected chi connectivity index (χ3v) is 4.14. The number of benzene rings is 1. The number of carbonyl (C=O) groups is 1. The largest absolute Gasteiger partial charge is 0.381 e. The van der Waals surface area contributed by atoms with Gasteiger partial charge in [-0.15, -0.1) is 0 Å². The van der Waals surface area contributed by atoms with Crippen molar-refractivity contribution < 1.29 is 9.53 Å². The summed E-state index contributed by atoms with van der Waals surface area (Å²) in [5.41, 5.74) is 1.09. The van der Waals surface area contributed by atoms with Crippen LogP contribution in [0.2, 0.25) is 0 Å². The van der Waals surface area contributed by atoms with E-state index in [1.54, 1.807) is 0 Å². The highest BCUT2D eigenvalue weighted by molar-refractivity contribution is 5.81. The van der Waals surface area contributed by atoms with Gasteiger partial charge in [0.1, 0.15) is 5.92 Å². The summed E-state index contributed by atoms with van der Waals surface area (Å²) in [5.74, 6) is -0.801. The van der Waals surface area contributed by atoms with E-state index >= 15 is 0 Å². The van der Waals surface area contributed by atoms with E-state index in [4.69, 9.17) is 4.74 Å². The van der Waals surface area contributed by atoms with Gasteiger partial charge in [-0.05, 0) is 30.2 Å². The van der Waals surface area contributed by atoms with Crippen LogP contribution in [0.5, 0.6) is 0 Å². The van der Waals surface area contributed by atoms with Crippen molar-refractivity contribution in [3.05, 3.63) is 35.9 Å². The lowest BCUT2D eigenvalue weighted by Gasteiger charge is -2.33. The van der Waals surface area contributed by atoms with E-state index in [1.165, 1.54) is 0 Å². The van der Waals surface area contributed by atoms with Gasteiger partial charge in [0, 0.05) is 19.8 Å². The Kier molecular flexibility index (Phi) is 5.35. The molecule has 1 aliphatic heterocycles. The molecule has 0 spiro atoms. The van der Waals surface area contributed by atoms with Gasteiger partial charge >= 0.3 is 0 Å². The zero-order chi connectivity index (χ0) is 15.1. The summed E-state index contributed by atoms with van der Waals surface area (Å²) in [6.07, 6.45) is 2.36. The number of nitriles is 1. The van der Waals surface area contributed by atoms with E-state index < -0.39 is 5.92 Å².